The molecule has 0 unspecified atom stereocenters. The maximum Gasteiger partial charge on any atom is 0.416 e. The van der Waals surface area contributed by atoms with Crippen LogP contribution in [0.3, 0.4) is 0 Å². The van der Waals surface area contributed by atoms with Gasteiger partial charge in [0.2, 0.25) is 0 Å². The molecular formula is C12H12F3NO. The van der Waals surface area contributed by atoms with Crippen LogP contribution in [0.4, 0.5) is 13.2 Å². The lowest BCUT2D eigenvalue weighted by Gasteiger charge is -2.09. The zero-order valence-electron chi connectivity index (χ0n) is 9.01. The van der Waals surface area contributed by atoms with Crippen molar-refractivity contribution in [3.05, 3.63) is 34.9 Å². The largest absolute Gasteiger partial charge is 0.416 e. The fourth-order valence-corrected chi connectivity index (χ4v) is 1.25. The summed E-state index contributed by atoms with van der Waals surface area (Å²) in [6, 6.07) is 3.12. The molecule has 0 spiro atoms. The first-order chi connectivity index (χ1) is 7.99. The van der Waals surface area contributed by atoms with E-state index in [2.05, 4.69) is 11.8 Å². The van der Waals surface area contributed by atoms with Gasteiger partial charge in [-0.1, -0.05) is 11.8 Å². The average Bonchev–Trinajstić information content (AvgIpc) is 2.28. The van der Waals surface area contributed by atoms with Crippen molar-refractivity contribution >= 4 is 0 Å². The van der Waals surface area contributed by atoms with Gasteiger partial charge in [0.05, 0.1) is 12.2 Å². The molecule has 1 rings (SSSR count). The molecule has 0 fully saturated rings. The average molecular weight is 243 g/mol. The first kappa shape index (κ1) is 13.6. The molecule has 0 aromatic heterocycles. The van der Waals surface area contributed by atoms with Gasteiger partial charge in [0.25, 0.3) is 0 Å². The highest BCUT2D eigenvalue weighted by Crippen LogP contribution is 2.30. The van der Waals surface area contributed by atoms with E-state index in [0.717, 1.165) is 12.1 Å². The van der Waals surface area contributed by atoms with E-state index >= 15 is 0 Å². The quantitative estimate of drug-likeness (QED) is 0.779. The van der Waals surface area contributed by atoms with Crippen LogP contribution in [-0.4, -0.2) is 11.7 Å². The number of nitrogens with two attached hydrogens (primary N) is 1. The van der Waals surface area contributed by atoms with Crippen LogP contribution in [0.25, 0.3) is 0 Å². The third-order valence-corrected chi connectivity index (χ3v) is 2.10. The summed E-state index contributed by atoms with van der Waals surface area (Å²) < 4.78 is 37.2. The van der Waals surface area contributed by atoms with Crippen LogP contribution in [0, 0.1) is 11.8 Å². The Morgan fingerprint density at radius 1 is 1.29 bits per heavy atom. The Hall–Kier alpha value is -1.51. The van der Waals surface area contributed by atoms with Gasteiger partial charge in [0.15, 0.2) is 0 Å². The standard InChI is InChI=1S/C12H12F3NO/c13-12(14,15)11-5-4-9(3-1-2-6-16)10(7-11)8-17/h4-5,7,17H,2,6,8,16H2. The molecule has 0 atom stereocenters. The van der Waals surface area contributed by atoms with Gasteiger partial charge in [-0.3, -0.25) is 0 Å². The lowest BCUT2D eigenvalue weighted by atomic mass is 10.0. The minimum atomic E-state index is -4.41. The summed E-state index contributed by atoms with van der Waals surface area (Å²) in [6.07, 6.45) is -3.95. The Morgan fingerprint density at radius 2 is 2.00 bits per heavy atom. The van der Waals surface area contributed by atoms with Gasteiger partial charge in [0.1, 0.15) is 0 Å². The molecule has 3 N–H and O–H groups in total. The van der Waals surface area contributed by atoms with Crippen LogP contribution in [-0.2, 0) is 12.8 Å². The number of rotatable bonds is 2. The normalized spacial score (nSPS) is 10.9. The first-order valence-electron chi connectivity index (χ1n) is 4.99. The van der Waals surface area contributed by atoms with Crippen LogP contribution in [0.5, 0.6) is 0 Å². The van der Waals surface area contributed by atoms with Gasteiger partial charge in [0, 0.05) is 18.5 Å². The number of hydrogen-bond acceptors (Lipinski definition) is 2. The zero-order valence-corrected chi connectivity index (χ0v) is 9.01. The maximum absolute atomic E-state index is 12.4. The Labute approximate surface area is 97.3 Å². The molecule has 0 aliphatic heterocycles. The summed E-state index contributed by atoms with van der Waals surface area (Å²) in [7, 11) is 0. The molecule has 5 heteroatoms. The van der Waals surface area contributed by atoms with E-state index in [4.69, 9.17) is 10.8 Å². The van der Waals surface area contributed by atoms with Gasteiger partial charge in [-0.2, -0.15) is 13.2 Å². The monoisotopic (exact) mass is 243 g/mol. The molecule has 0 saturated heterocycles. The molecule has 0 aliphatic rings. The van der Waals surface area contributed by atoms with Crippen molar-refractivity contribution in [2.45, 2.75) is 19.2 Å². The molecule has 0 bridgehead atoms. The van der Waals surface area contributed by atoms with E-state index < -0.39 is 18.3 Å². The fraction of sp³-hybridized carbons (Fsp3) is 0.333. The summed E-state index contributed by atoms with van der Waals surface area (Å²) in [4.78, 5) is 0. The SMILES string of the molecule is NCCC#Cc1ccc(C(F)(F)F)cc1CO. The van der Waals surface area contributed by atoms with Crippen molar-refractivity contribution in [1.29, 1.82) is 0 Å². The van der Waals surface area contributed by atoms with Crippen molar-refractivity contribution in [3.63, 3.8) is 0 Å². The zero-order chi connectivity index (χ0) is 12.9. The Bertz CT molecular complexity index is 443. The van der Waals surface area contributed by atoms with E-state index in [0.29, 0.717) is 18.5 Å². The number of alkyl halides is 3. The second kappa shape index (κ2) is 5.71. The van der Waals surface area contributed by atoms with Crippen molar-refractivity contribution < 1.29 is 18.3 Å². The van der Waals surface area contributed by atoms with Crippen LogP contribution in [0.15, 0.2) is 18.2 Å². The first-order valence-corrected chi connectivity index (χ1v) is 4.99. The summed E-state index contributed by atoms with van der Waals surface area (Å²) >= 11 is 0. The molecule has 0 heterocycles. The number of benzene rings is 1. The summed E-state index contributed by atoms with van der Waals surface area (Å²) in [6.45, 7) is -0.0847. The predicted molar refractivity (Wildman–Crippen MR) is 57.9 cm³/mol. The molecule has 0 amide bonds. The molecule has 17 heavy (non-hydrogen) atoms. The van der Waals surface area contributed by atoms with Crippen LogP contribution in [0.1, 0.15) is 23.1 Å². The highest BCUT2D eigenvalue weighted by atomic mass is 19.4. The number of aliphatic hydroxyl groups is 1. The molecule has 0 radical (unpaired) electrons. The number of aliphatic hydroxyl groups excluding tert-OH is 1. The second-order valence-electron chi connectivity index (χ2n) is 3.37. The second-order valence-corrected chi connectivity index (χ2v) is 3.37. The van der Waals surface area contributed by atoms with Gasteiger partial charge in [-0.05, 0) is 23.8 Å². The minimum absolute atomic E-state index is 0.171. The lowest BCUT2D eigenvalue weighted by Crippen LogP contribution is -2.06. The lowest BCUT2D eigenvalue weighted by molar-refractivity contribution is -0.137. The van der Waals surface area contributed by atoms with Gasteiger partial charge >= 0.3 is 6.18 Å². The molecular weight excluding hydrogens is 231 g/mol. The third-order valence-electron chi connectivity index (χ3n) is 2.10. The molecule has 0 aliphatic carbocycles. The highest BCUT2D eigenvalue weighted by molar-refractivity contribution is 5.43. The summed E-state index contributed by atoms with van der Waals surface area (Å²) in [5.41, 5.74) is 5.03. The van der Waals surface area contributed by atoms with Crippen LogP contribution in [0.2, 0.25) is 0 Å². The summed E-state index contributed by atoms with van der Waals surface area (Å²) in [5, 5.41) is 9.01. The molecule has 2 nitrogen and oxygen atoms in total. The Balaban J connectivity index is 3.07. The van der Waals surface area contributed by atoms with Gasteiger partial charge in [-0.25, -0.2) is 0 Å². The molecule has 0 saturated carbocycles. The van der Waals surface area contributed by atoms with Gasteiger partial charge in [-0.15, -0.1) is 0 Å². The van der Waals surface area contributed by atoms with Crippen LogP contribution < -0.4 is 5.73 Å². The maximum atomic E-state index is 12.4. The van der Waals surface area contributed by atoms with Crippen molar-refractivity contribution in [2.75, 3.05) is 6.54 Å². The molecule has 1 aromatic carbocycles. The number of halogens is 3. The fourth-order valence-electron chi connectivity index (χ4n) is 1.25. The predicted octanol–water partition coefficient (Wildman–Crippen LogP) is 1.90. The van der Waals surface area contributed by atoms with E-state index in [-0.39, 0.29) is 5.56 Å². The molecule has 1 aromatic rings. The minimum Gasteiger partial charge on any atom is -0.392 e. The van der Waals surface area contributed by atoms with E-state index in [1.54, 1.807) is 0 Å². The van der Waals surface area contributed by atoms with Crippen molar-refractivity contribution in [2.24, 2.45) is 5.73 Å². The Kier molecular flexibility index (Phi) is 4.55. The van der Waals surface area contributed by atoms with E-state index in [1.165, 1.54) is 6.07 Å². The topological polar surface area (TPSA) is 46.2 Å². The smallest absolute Gasteiger partial charge is 0.392 e. The Morgan fingerprint density at radius 3 is 2.53 bits per heavy atom. The van der Waals surface area contributed by atoms with Gasteiger partial charge < -0.3 is 10.8 Å². The van der Waals surface area contributed by atoms with Crippen molar-refractivity contribution in [3.8, 4) is 11.8 Å². The van der Waals surface area contributed by atoms with E-state index in [9.17, 15) is 13.2 Å². The third kappa shape index (κ3) is 3.77. The van der Waals surface area contributed by atoms with Crippen molar-refractivity contribution in [1.82, 2.24) is 0 Å². The number of hydrogen-bond donors (Lipinski definition) is 2. The summed E-state index contributed by atoms with van der Waals surface area (Å²) in [5.74, 6) is 5.40. The van der Waals surface area contributed by atoms with Crippen LogP contribution >= 0.6 is 0 Å². The van der Waals surface area contributed by atoms with E-state index in [1.807, 2.05) is 0 Å². The molecule has 92 valence electrons. The highest BCUT2D eigenvalue weighted by Gasteiger charge is 2.30.